The second kappa shape index (κ2) is 3.81. The molecule has 0 aliphatic rings. The van der Waals surface area contributed by atoms with E-state index in [-0.39, 0.29) is 18.8 Å². The summed E-state index contributed by atoms with van der Waals surface area (Å²) in [5, 5.41) is 8.13. The summed E-state index contributed by atoms with van der Waals surface area (Å²) in [7, 11) is -3.84. The van der Waals surface area contributed by atoms with Gasteiger partial charge in [0.15, 0.2) is 0 Å². The Balaban J connectivity index is 3.30. The van der Waals surface area contributed by atoms with Gasteiger partial charge in [0, 0.05) is 6.61 Å². The van der Waals surface area contributed by atoms with E-state index in [0.29, 0.717) is 0 Å². The number of aliphatic hydroxyl groups excluding tert-OH is 1. The molecule has 0 bridgehead atoms. The van der Waals surface area contributed by atoms with E-state index in [0.717, 1.165) is 0 Å². The molecule has 0 rings (SSSR count). The molecule has 0 heterocycles. The van der Waals surface area contributed by atoms with E-state index in [2.05, 4.69) is 0 Å². The SMILES string of the molecule is O=S(=O)(O)CC[CH]CO. The van der Waals surface area contributed by atoms with Crippen molar-refractivity contribution in [2.75, 3.05) is 12.4 Å². The molecule has 9 heavy (non-hydrogen) atoms. The van der Waals surface area contributed by atoms with Crippen LogP contribution in [0.3, 0.4) is 0 Å². The summed E-state index contributed by atoms with van der Waals surface area (Å²) in [4.78, 5) is 0. The highest BCUT2D eigenvalue weighted by molar-refractivity contribution is 7.85. The Morgan fingerprint density at radius 2 is 2.00 bits per heavy atom. The molecule has 0 saturated carbocycles. The van der Waals surface area contributed by atoms with Gasteiger partial charge in [-0.1, -0.05) is 0 Å². The molecule has 2 N–H and O–H groups in total. The Kier molecular flexibility index (Phi) is 3.76. The van der Waals surface area contributed by atoms with E-state index in [4.69, 9.17) is 9.66 Å². The smallest absolute Gasteiger partial charge is 0.264 e. The number of hydrogen-bond donors (Lipinski definition) is 2. The van der Waals surface area contributed by atoms with E-state index >= 15 is 0 Å². The van der Waals surface area contributed by atoms with Crippen LogP contribution in [0.5, 0.6) is 0 Å². The van der Waals surface area contributed by atoms with Crippen molar-refractivity contribution >= 4 is 10.1 Å². The molecule has 1 radical (unpaired) electrons. The lowest BCUT2D eigenvalue weighted by Crippen LogP contribution is -2.04. The van der Waals surface area contributed by atoms with Gasteiger partial charge in [0.2, 0.25) is 0 Å². The van der Waals surface area contributed by atoms with Crippen LogP contribution in [0.4, 0.5) is 0 Å². The Morgan fingerprint density at radius 3 is 2.33 bits per heavy atom. The second-order valence-corrected chi connectivity index (χ2v) is 3.12. The molecule has 0 fully saturated rings. The maximum atomic E-state index is 9.96. The summed E-state index contributed by atoms with van der Waals surface area (Å²) in [6.45, 7) is -0.157. The summed E-state index contributed by atoms with van der Waals surface area (Å²) in [6, 6.07) is 0. The number of hydrogen-bond acceptors (Lipinski definition) is 3. The maximum Gasteiger partial charge on any atom is 0.264 e. The molecule has 0 aromatic rings. The van der Waals surface area contributed by atoms with Crippen molar-refractivity contribution in [3.8, 4) is 0 Å². The predicted octanol–water partition coefficient (Wildman–Crippen LogP) is -0.539. The summed E-state index contributed by atoms with van der Waals surface area (Å²) >= 11 is 0. The number of aliphatic hydroxyl groups is 1. The number of unbranched alkanes of at least 4 members (excludes halogenated alkanes) is 1. The summed E-state index contributed by atoms with van der Waals surface area (Å²) < 4.78 is 28.0. The quantitative estimate of drug-likeness (QED) is 0.420. The van der Waals surface area contributed by atoms with Crippen LogP contribution in [0.15, 0.2) is 0 Å². The average Bonchev–Trinajstić information content (AvgIpc) is 1.63. The molecule has 0 spiro atoms. The summed E-state index contributed by atoms with van der Waals surface area (Å²) in [5.74, 6) is -0.312. The van der Waals surface area contributed by atoms with Crippen molar-refractivity contribution < 1.29 is 18.1 Å². The normalized spacial score (nSPS) is 11.8. The number of rotatable bonds is 4. The lowest BCUT2D eigenvalue weighted by Gasteiger charge is -1.92. The first kappa shape index (κ1) is 8.87. The Morgan fingerprint density at radius 1 is 1.44 bits per heavy atom. The monoisotopic (exact) mass is 153 g/mol. The van der Waals surface area contributed by atoms with E-state index in [1.165, 1.54) is 6.42 Å². The van der Waals surface area contributed by atoms with Gasteiger partial charge in [0.05, 0.1) is 5.75 Å². The first-order valence-electron chi connectivity index (χ1n) is 2.44. The fourth-order valence-electron chi connectivity index (χ4n) is 0.324. The topological polar surface area (TPSA) is 74.6 Å². The molecule has 0 atom stereocenters. The minimum atomic E-state index is -3.84. The average molecular weight is 153 g/mol. The predicted molar refractivity (Wildman–Crippen MR) is 32.4 cm³/mol. The van der Waals surface area contributed by atoms with Crippen LogP contribution in [-0.2, 0) is 10.1 Å². The Hall–Kier alpha value is -0.130. The van der Waals surface area contributed by atoms with E-state index < -0.39 is 10.1 Å². The zero-order valence-electron chi connectivity index (χ0n) is 4.82. The Labute approximate surface area is 54.3 Å². The van der Waals surface area contributed by atoms with Crippen molar-refractivity contribution in [2.45, 2.75) is 6.42 Å². The third kappa shape index (κ3) is 7.87. The zero-order valence-corrected chi connectivity index (χ0v) is 5.63. The van der Waals surface area contributed by atoms with Crippen molar-refractivity contribution in [3.63, 3.8) is 0 Å². The summed E-state index contributed by atoms with van der Waals surface area (Å²) in [6.07, 6.45) is 1.56. The molecule has 0 aromatic carbocycles. The highest BCUT2D eigenvalue weighted by Gasteiger charge is 2.01. The van der Waals surface area contributed by atoms with Gasteiger partial charge in [-0.2, -0.15) is 8.42 Å². The molecular formula is C4H9O4S. The van der Waals surface area contributed by atoms with Crippen LogP contribution in [0, 0.1) is 6.42 Å². The molecule has 0 aromatic heterocycles. The van der Waals surface area contributed by atoms with Gasteiger partial charge < -0.3 is 5.11 Å². The second-order valence-electron chi connectivity index (χ2n) is 1.55. The minimum Gasteiger partial charge on any atom is -0.396 e. The van der Waals surface area contributed by atoms with E-state index in [1.54, 1.807) is 0 Å². The van der Waals surface area contributed by atoms with Crippen molar-refractivity contribution in [1.29, 1.82) is 0 Å². The first-order chi connectivity index (χ1) is 4.06. The molecular weight excluding hydrogens is 144 g/mol. The zero-order chi connectivity index (χ0) is 7.33. The van der Waals surface area contributed by atoms with Crippen LogP contribution < -0.4 is 0 Å². The minimum absolute atomic E-state index is 0.157. The van der Waals surface area contributed by atoms with Crippen molar-refractivity contribution in [3.05, 3.63) is 6.42 Å². The molecule has 0 amide bonds. The largest absolute Gasteiger partial charge is 0.396 e. The molecule has 4 nitrogen and oxygen atoms in total. The van der Waals surface area contributed by atoms with Crippen LogP contribution >= 0.6 is 0 Å². The molecule has 5 heteroatoms. The van der Waals surface area contributed by atoms with Crippen LogP contribution in [0.2, 0.25) is 0 Å². The van der Waals surface area contributed by atoms with Gasteiger partial charge in [-0.3, -0.25) is 4.55 Å². The van der Waals surface area contributed by atoms with E-state index in [1.807, 2.05) is 0 Å². The first-order valence-corrected chi connectivity index (χ1v) is 4.05. The highest BCUT2D eigenvalue weighted by atomic mass is 32.2. The molecule has 0 aliphatic heterocycles. The molecule has 55 valence electrons. The van der Waals surface area contributed by atoms with E-state index in [9.17, 15) is 8.42 Å². The Bertz CT molecular complexity index is 148. The molecule has 0 unspecified atom stereocenters. The summed E-state index contributed by atoms with van der Waals surface area (Å²) in [5.41, 5.74) is 0. The molecule has 0 saturated heterocycles. The maximum absolute atomic E-state index is 9.96. The highest BCUT2D eigenvalue weighted by Crippen LogP contribution is 1.90. The van der Waals surface area contributed by atoms with Crippen LogP contribution in [0.1, 0.15) is 6.42 Å². The fraction of sp³-hybridized carbons (Fsp3) is 0.750. The third-order valence-electron chi connectivity index (χ3n) is 0.709. The van der Waals surface area contributed by atoms with Gasteiger partial charge in [-0.15, -0.1) is 0 Å². The van der Waals surface area contributed by atoms with Gasteiger partial charge in [-0.25, -0.2) is 0 Å². The lowest BCUT2D eigenvalue weighted by molar-refractivity contribution is 0.324. The van der Waals surface area contributed by atoms with Gasteiger partial charge in [-0.05, 0) is 12.8 Å². The fourth-order valence-corrected chi connectivity index (χ4v) is 0.788. The van der Waals surface area contributed by atoms with Gasteiger partial charge >= 0.3 is 0 Å². The van der Waals surface area contributed by atoms with Crippen LogP contribution in [0.25, 0.3) is 0 Å². The third-order valence-corrected chi connectivity index (χ3v) is 1.46. The van der Waals surface area contributed by atoms with Gasteiger partial charge in [0.25, 0.3) is 10.1 Å². The standard InChI is InChI=1S/C4H9O4S/c5-3-1-2-4-9(6,7)8/h1,5H,2-4H2,(H,6,7,8). The van der Waals surface area contributed by atoms with Gasteiger partial charge in [0.1, 0.15) is 0 Å². The van der Waals surface area contributed by atoms with Crippen LogP contribution in [-0.4, -0.2) is 30.4 Å². The lowest BCUT2D eigenvalue weighted by atomic mass is 10.4. The van der Waals surface area contributed by atoms with Crippen molar-refractivity contribution in [2.24, 2.45) is 0 Å². The molecule has 0 aliphatic carbocycles. The van der Waals surface area contributed by atoms with Crippen molar-refractivity contribution in [1.82, 2.24) is 0 Å².